The Balaban J connectivity index is 1.43. The van der Waals surface area contributed by atoms with E-state index in [1.807, 2.05) is 4.90 Å². The number of rotatable bonds is 10. The molecule has 0 radical (unpaired) electrons. The van der Waals surface area contributed by atoms with E-state index in [0.717, 1.165) is 32.1 Å². The molecule has 1 heterocycles. The molecule has 3 aliphatic rings. The first-order chi connectivity index (χ1) is 21.5. The van der Waals surface area contributed by atoms with Crippen LogP contribution in [0.25, 0.3) is 0 Å². The molecule has 10 heteroatoms. The van der Waals surface area contributed by atoms with Gasteiger partial charge in [-0.15, -0.1) is 0 Å². The van der Waals surface area contributed by atoms with Gasteiger partial charge < -0.3 is 25.0 Å². The van der Waals surface area contributed by atoms with Gasteiger partial charge in [-0.25, -0.2) is 9.59 Å². The van der Waals surface area contributed by atoms with Crippen molar-refractivity contribution < 1.29 is 33.0 Å². The first kappa shape index (κ1) is 34.7. The molecule has 1 aliphatic heterocycles. The van der Waals surface area contributed by atoms with Gasteiger partial charge in [0.15, 0.2) is 0 Å². The number of carbonyl (C=O) groups is 4. The Morgan fingerprint density at radius 1 is 0.956 bits per heavy atom. The minimum absolute atomic E-state index is 0.0201. The van der Waals surface area contributed by atoms with Crippen LogP contribution in [0.3, 0.4) is 0 Å². The second kappa shape index (κ2) is 15.9. The summed E-state index contributed by atoms with van der Waals surface area (Å²) in [6.45, 7) is 7.43. The van der Waals surface area contributed by atoms with Crippen molar-refractivity contribution in [2.45, 2.75) is 116 Å². The minimum atomic E-state index is -0.644. The van der Waals surface area contributed by atoms with Gasteiger partial charge in [-0.1, -0.05) is 32.1 Å². The van der Waals surface area contributed by atoms with Crippen molar-refractivity contribution in [3.63, 3.8) is 0 Å². The molecule has 2 N–H and O–H groups in total. The number of carbonyl (C=O) groups excluding carboxylic acids is 4. The maximum absolute atomic E-state index is 14.1. The van der Waals surface area contributed by atoms with Crippen molar-refractivity contribution in [3.8, 4) is 0 Å². The quantitative estimate of drug-likeness (QED) is 0.280. The van der Waals surface area contributed by atoms with Gasteiger partial charge in [-0.2, -0.15) is 0 Å². The van der Waals surface area contributed by atoms with Crippen molar-refractivity contribution >= 4 is 29.6 Å². The second-order valence-electron chi connectivity index (χ2n) is 14.0. The zero-order valence-electron chi connectivity index (χ0n) is 27.4. The summed E-state index contributed by atoms with van der Waals surface area (Å²) in [5.41, 5.74) is 0.346. The molecule has 250 valence electrons. The Hall–Kier alpha value is -3.17. The normalized spacial score (nSPS) is 24.9. The van der Waals surface area contributed by atoms with E-state index in [0.29, 0.717) is 49.4 Å². The van der Waals surface area contributed by atoms with E-state index in [4.69, 9.17) is 9.47 Å². The number of nitrogens with one attached hydrogen (secondary N) is 2. The Morgan fingerprint density at radius 2 is 1.62 bits per heavy atom. The van der Waals surface area contributed by atoms with E-state index in [-0.39, 0.29) is 48.6 Å². The summed E-state index contributed by atoms with van der Waals surface area (Å²) in [6, 6.07) is 5.77. The number of alkyl halides is 1. The largest absolute Gasteiger partial charge is 0.462 e. The molecule has 3 fully saturated rings. The molecule has 3 amide bonds. The zero-order chi connectivity index (χ0) is 32.6. The third-order valence-electron chi connectivity index (χ3n) is 9.73. The summed E-state index contributed by atoms with van der Waals surface area (Å²) in [5.74, 6) is -0.205. The third-order valence-corrected chi connectivity index (χ3v) is 9.73. The van der Waals surface area contributed by atoms with Gasteiger partial charge >= 0.3 is 12.1 Å². The molecule has 0 unspecified atom stereocenters. The number of esters is 1. The molecular formula is C35H52FN3O6. The van der Waals surface area contributed by atoms with Gasteiger partial charge in [0.1, 0.15) is 11.6 Å². The van der Waals surface area contributed by atoms with Crippen molar-refractivity contribution in [2.24, 2.45) is 23.7 Å². The lowest BCUT2D eigenvalue weighted by molar-refractivity contribution is -0.142. The number of alkyl carbamates (subject to hydrolysis) is 1. The summed E-state index contributed by atoms with van der Waals surface area (Å²) in [6.07, 6.45) is 8.81. The molecule has 2 aliphatic carbocycles. The highest BCUT2D eigenvalue weighted by Gasteiger charge is 2.47. The highest BCUT2D eigenvalue weighted by atomic mass is 19.1. The van der Waals surface area contributed by atoms with E-state index >= 15 is 0 Å². The topological polar surface area (TPSA) is 114 Å². The van der Waals surface area contributed by atoms with E-state index in [1.54, 1.807) is 52.0 Å². The maximum atomic E-state index is 14.1. The van der Waals surface area contributed by atoms with Gasteiger partial charge in [0.2, 0.25) is 11.8 Å². The minimum Gasteiger partial charge on any atom is -0.462 e. The fraction of sp³-hybridized carbons (Fsp3) is 0.714. The lowest BCUT2D eigenvalue weighted by Gasteiger charge is -2.37. The molecule has 45 heavy (non-hydrogen) atoms. The lowest BCUT2D eigenvalue weighted by atomic mass is 9.75. The Morgan fingerprint density at radius 3 is 2.22 bits per heavy atom. The molecule has 1 saturated heterocycles. The molecule has 3 atom stereocenters. The van der Waals surface area contributed by atoms with Crippen molar-refractivity contribution in [1.29, 1.82) is 0 Å². The third kappa shape index (κ3) is 9.42. The van der Waals surface area contributed by atoms with Gasteiger partial charge in [0.05, 0.1) is 18.8 Å². The highest BCUT2D eigenvalue weighted by molar-refractivity contribution is 5.98. The molecule has 0 bridgehead atoms. The van der Waals surface area contributed by atoms with Gasteiger partial charge in [-0.3, -0.25) is 14.0 Å². The van der Waals surface area contributed by atoms with Gasteiger partial charge in [0, 0.05) is 24.2 Å². The van der Waals surface area contributed by atoms with Crippen molar-refractivity contribution in [1.82, 2.24) is 10.2 Å². The number of hydrogen-bond donors (Lipinski definition) is 2. The Kier molecular flexibility index (Phi) is 12.3. The smallest absolute Gasteiger partial charge is 0.407 e. The Bertz CT molecular complexity index is 1150. The van der Waals surface area contributed by atoms with Crippen LogP contribution >= 0.6 is 0 Å². The van der Waals surface area contributed by atoms with E-state index < -0.39 is 30.4 Å². The number of ether oxygens (including phenoxy) is 2. The summed E-state index contributed by atoms with van der Waals surface area (Å²) in [7, 11) is 0. The van der Waals surface area contributed by atoms with Crippen LogP contribution in [0.1, 0.15) is 109 Å². The maximum Gasteiger partial charge on any atom is 0.407 e. The number of halogens is 1. The van der Waals surface area contributed by atoms with Crippen LogP contribution in [-0.4, -0.2) is 66.3 Å². The molecule has 2 saturated carbocycles. The predicted octanol–water partition coefficient (Wildman–Crippen LogP) is 6.66. The van der Waals surface area contributed by atoms with E-state index in [1.165, 1.54) is 6.42 Å². The fourth-order valence-corrected chi connectivity index (χ4v) is 7.58. The highest BCUT2D eigenvalue weighted by Crippen LogP contribution is 2.41. The first-order valence-electron chi connectivity index (χ1n) is 16.9. The molecule has 4 rings (SSSR count). The average Bonchev–Trinajstić information content (AvgIpc) is 3.46. The monoisotopic (exact) mass is 629 g/mol. The summed E-state index contributed by atoms with van der Waals surface area (Å²) in [5, 5.41) is 5.91. The number of anilines is 1. The van der Waals surface area contributed by atoms with Crippen LogP contribution in [0.15, 0.2) is 24.3 Å². The molecule has 0 spiro atoms. The molecule has 9 nitrogen and oxygen atoms in total. The number of nitrogens with zero attached hydrogens (tertiary/aromatic N) is 1. The van der Waals surface area contributed by atoms with Crippen LogP contribution in [0.2, 0.25) is 0 Å². The lowest BCUT2D eigenvalue weighted by Crippen LogP contribution is -2.50. The first-order valence-corrected chi connectivity index (χ1v) is 16.9. The SMILES string of the molecule is CCOC(=O)c1ccc(NC(=O)[C@@H]2[C@H](C3CCCCC3)CCN2C(=O)C2CCC([C@@H](CCF)NC(=O)OC(C)(C)C)CC2)cc1. The summed E-state index contributed by atoms with van der Waals surface area (Å²) in [4.78, 5) is 54.3. The molecule has 1 aromatic rings. The standard InChI is InChI=1S/C35H52FN3O6/c1-5-44-33(42)26-15-17-27(18-16-26)37-31(40)30-28(23-9-7-6-8-10-23)20-22-39(30)32(41)25-13-11-24(12-14-25)29(19-21-36)38-34(43)45-35(2,3)4/h15-18,23-25,28-30H,5-14,19-22H2,1-4H3,(H,37,40)(H,38,43)/t24?,25?,28-,29+,30-/m0/s1. The van der Waals surface area contributed by atoms with Crippen LogP contribution in [0.5, 0.6) is 0 Å². The predicted molar refractivity (Wildman–Crippen MR) is 170 cm³/mol. The second-order valence-corrected chi connectivity index (χ2v) is 14.0. The summed E-state index contributed by atoms with van der Waals surface area (Å²) >= 11 is 0. The molecule has 1 aromatic carbocycles. The van der Waals surface area contributed by atoms with Crippen molar-refractivity contribution in [3.05, 3.63) is 29.8 Å². The van der Waals surface area contributed by atoms with Crippen LogP contribution in [0.4, 0.5) is 14.9 Å². The van der Waals surface area contributed by atoms with Gasteiger partial charge in [0.25, 0.3) is 0 Å². The number of benzene rings is 1. The Labute approximate surface area is 267 Å². The van der Waals surface area contributed by atoms with E-state index in [9.17, 15) is 23.6 Å². The number of likely N-dealkylation sites (tertiary alicyclic amines) is 1. The van der Waals surface area contributed by atoms with Crippen molar-refractivity contribution in [2.75, 3.05) is 25.1 Å². The molecule has 0 aromatic heterocycles. The average molecular weight is 630 g/mol. The van der Waals surface area contributed by atoms with Crippen LogP contribution < -0.4 is 10.6 Å². The fourth-order valence-electron chi connectivity index (χ4n) is 7.58. The summed E-state index contributed by atoms with van der Waals surface area (Å²) < 4.78 is 23.9. The van der Waals surface area contributed by atoms with Crippen LogP contribution in [0, 0.1) is 23.7 Å². The number of hydrogen-bond acceptors (Lipinski definition) is 6. The van der Waals surface area contributed by atoms with Crippen LogP contribution in [-0.2, 0) is 19.1 Å². The zero-order valence-corrected chi connectivity index (χ0v) is 27.4. The number of amides is 3. The van der Waals surface area contributed by atoms with Gasteiger partial charge in [-0.05, 0) is 108 Å². The molecular weight excluding hydrogens is 577 g/mol. The van der Waals surface area contributed by atoms with E-state index in [2.05, 4.69) is 10.6 Å².